The van der Waals surface area contributed by atoms with Crippen LogP contribution in [0.4, 0.5) is 0 Å². The summed E-state index contributed by atoms with van der Waals surface area (Å²) in [6, 6.07) is 0. The predicted octanol–water partition coefficient (Wildman–Crippen LogP) is 3.78. The number of hydrogen-bond acceptors (Lipinski definition) is 0. The SMILES string of the molecule is CCCC(C)C1C=C(CC)C1. The topological polar surface area (TPSA) is 0 Å². The van der Waals surface area contributed by atoms with E-state index in [2.05, 4.69) is 26.8 Å². The molecule has 0 heteroatoms. The van der Waals surface area contributed by atoms with E-state index in [9.17, 15) is 0 Å². The molecule has 64 valence electrons. The van der Waals surface area contributed by atoms with E-state index in [4.69, 9.17) is 0 Å². The van der Waals surface area contributed by atoms with Gasteiger partial charge in [-0.2, -0.15) is 0 Å². The second kappa shape index (κ2) is 3.94. The largest absolute Gasteiger partial charge is 0.0816 e. The van der Waals surface area contributed by atoms with Crippen molar-refractivity contribution in [3.63, 3.8) is 0 Å². The predicted molar refractivity (Wildman–Crippen MR) is 50.6 cm³/mol. The van der Waals surface area contributed by atoms with Crippen LogP contribution >= 0.6 is 0 Å². The molecule has 0 aromatic heterocycles. The average molecular weight is 152 g/mol. The molecular formula is C11H20. The molecule has 0 saturated heterocycles. The molecule has 11 heavy (non-hydrogen) atoms. The highest BCUT2D eigenvalue weighted by atomic mass is 14.3. The Labute approximate surface area is 70.7 Å². The van der Waals surface area contributed by atoms with Gasteiger partial charge in [-0.15, -0.1) is 0 Å². The molecule has 0 heterocycles. The van der Waals surface area contributed by atoms with Crippen molar-refractivity contribution in [1.29, 1.82) is 0 Å². The van der Waals surface area contributed by atoms with Crippen molar-refractivity contribution < 1.29 is 0 Å². The lowest BCUT2D eigenvalue weighted by Crippen LogP contribution is -2.17. The average Bonchev–Trinajstić information content (AvgIpc) is 1.86. The van der Waals surface area contributed by atoms with Crippen molar-refractivity contribution in [1.82, 2.24) is 0 Å². The summed E-state index contributed by atoms with van der Waals surface area (Å²) < 4.78 is 0. The normalized spacial score (nSPS) is 25.7. The van der Waals surface area contributed by atoms with Gasteiger partial charge in [0.2, 0.25) is 0 Å². The Balaban J connectivity index is 2.25. The quantitative estimate of drug-likeness (QED) is 0.538. The Morgan fingerprint density at radius 1 is 1.55 bits per heavy atom. The maximum atomic E-state index is 2.49. The van der Waals surface area contributed by atoms with Gasteiger partial charge in [-0.1, -0.05) is 45.3 Å². The molecular weight excluding hydrogens is 132 g/mol. The van der Waals surface area contributed by atoms with Crippen LogP contribution in [0.1, 0.15) is 46.5 Å². The molecule has 1 rings (SSSR count). The van der Waals surface area contributed by atoms with E-state index in [0.29, 0.717) is 0 Å². The lowest BCUT2D eigenvalue weighted by Gasteiger charge is -2.30. The highest BCUT2D eigenvalue weighted by Crippen LogP contribution is 2.35. The van der Waals surface area contributed by atoms with Crippen LogP contribution < -0.4 is 0 Å². The van der Waals surface area contributed by atoms with Gasteiger partial charge in [0, 0.05) is 0 Å². The fourth-order valence-electron chi connectivity index (χ4n) is 1.87. The van der Waals surface area contributed by atoms with Gasteiger partial charge >= 0.3 is 0 Å². The van der Waals surface area contributed by atoms with Crippen molar-refractivity contribution >= 4 is 0 Å². The molecule has 2 atom stereocenters. The van der Waals surface area contributed by atoms with E-state index >= 15 is 0 Å². The number of allylic oxidation sites excluding steroid dienone is 2. The fraction of sp³-hybridized carbons (Fsp3) is 0.818. The molecule has 0 aromatic carbocycles. The van der Waals surface area contributed by atoms with Crippen LogP contribution in [0.2, 0.25) is 0 Å². The van der Waals surface area contributed by atoms with Gasteiger partial charge in [0.1, 0.15) is 0 Å². The highest BCUT2D eigenvalue weighted by molar-refractivity contribution is 5.17. The lowest BCUT2D eigenvalue weighted by molar-refractivity contribution is 0.361. The van der Waals surface area contributed by atoms with Gasteiger partial charge in [-0.25, -0.2) is 0 Å². The first-order chi connectivity index (χ1) is 5.27. The molecule has 0 nitrogen and oxygen atoms in total. The minimum atomic E-state index is 0.921. The zero-order valence-corrected chi connectivity index (χ0v) is 8.06. The summed E-state index contributed by atoms with van der Waals surface area (Å²) >= 11 is 0. The molecule has 0 fully saturated rings. The third kappa shape index (κ3) is 2.08. The van der Waals surface area contributed by atoms with Crippen LogP contribution in [0.3, 0.4) is 0 Å². The van der Waals surface area contributed by atoms with Crippen LogP contribution in [0.15, 0.2) is 11.6 Å². The third-order valence-corrected chi connectivity index (χ3v) is 2.88. The molecule has 1 aliphatic carbocycles. The van der Waals surface area contributed by atoms with Crippen molar-refractivity contribution in [3.05, 3.63) is 11.6 Å². The van der Waals surface area contributed by atoms with Crippen molar-refractivity contribution in [3.8, 4) is 0 Å². The van der Waals surface area contributed by atoms with Crippen LogP contribution in [0.25, 0.3) is 0 Å². The Morgan fingerprint density at radius 3 is 2.64 bits per heavy atom. The Hall–Kier alpha value is -0.260. The minimum absolute atomic E-state index is 0.921. The van der Waals surface area contributed by atoms with Crippen LogP contribution in [-0.2, 0) is 0 Å². The zero-order valence-electron chi connectivity index (χ0n) is 8.06. The summed E-state index contributed by atoms with van der Waals surface area (Å²) in [5.74, 6) is 1.85. The fourth-order valence-corrected chi connectivity index (χ4v) is 1.87. The molecule has 0 amide bonds. The van der Waals surface area contributed by atoms with Gasteiger partial charge in [0.05, 0.1) is 0 Å². The summed E-state index contributed by atoms with van der Waals surface area (Å²) in [6.07, 6.45) is 7.89. The Kier molecular flexibility index (Phi) is 3.16. The van der Waals surface area contributed by atoms with E-state index < -0.39 is 0 Å². The summed E-state index contributed by atoms with van der Waals surface area (Å²) in [4.78, 5) is 0. The van der Waals surface area contributed by atoms with Gasteiger partial charge in [-0.3, -0.25) is 0 Å². The maximum Gasteiger partial charge on any atom is -0.0168 e. The Bertz CT molecular complexity index is 144. The van der Waals surface area contributed by atoms with Crippen LogP contribution in [-0.4, -0.2) is 0 Å². The Morgan fingerprint density at radius 2 is 2.18 bits per heavy atom. The molecule has 0 aliphatic heterocycles. The van der Waals surface area contributed by atoms with Gasteiger partial charge < -0.3 is 0 Å². The summed E-state index contributed by atoms with van der Waals surface area (Å²) in [5.41, 5.74) is 1.68. The minimum Gasteiger partial charge on any atom is -0.0816 e. The first-order valence-corrected chi connectivity index (χ1v) is 4.97. The van der Waals surface area contributed by atoms with E-state index in [-0.39, 0.29) is 0 Å². The smallest absolute Gasteiger partial charge is 0.0168 e. The van der Waals surface area contributed by atoms with Gasteiger partial charge in [0.15, 0.2) is 0 Å². The second-order valence-corrected chi connectivity index (χ2v) is 3.81. The van der Waals surface area contributed by atoms with Crippen molar-refractivity contribution in [2.75, 3.05) is 0 Å². The molecule has 0 spiro atoms. The van der Waals surface area contributed by atoms with Gasteiger partial charge in [-0.05, 0) is 24.7 Å². The van der Waals surface area contributed by atoms with E-state index in [1.807, 2.05) is 0 Å². The maximum absolute atomic E-state index is 2.49. The first-order valence-electron chi connectivity index (χ1n) is 4.97. The summed E-state index contributed by atoms with van der Waals surface area (Å²) in [6.45, 7) is 6.92. The molecule has 0 saturated carbocycles. The monoisotopic (exact) mass is 152 g/mol. The molecule has 0 aromatic rings. The zero-order chi connectivity index (χ0) is 8.27. The molecule has 0 bridgehead atoms. The third-order valence-electron chi connectivity index (χ3n) is 2.88. The standard InChI is InChI=1S/C11H20/c1-4-6-9(3)11-7-10(5-2)8-11/h7,9,11H,4-6,8H2,1-3H3. The van der Waals surface area contributed by atoms with Crippen molar-refractivity contribution in [2.45, 2.75) is 46.5 Å². The molecule has 0 N–H and O–H groups in total. The van der Waals surface area contributed by atoms with Crippen LogP contribution in [0, 0.1) is 11.8 Å². The van der Waals surface area contributed by atoms with E-state index in [0.717, 1.165) is 11.8 Å². The second-order valence-electron chi connectivity index (χ2n) is 3.81. The van der Waals surface area contributed by atoms with E-state index in [1.165, 1.54) is 25.7 Å². The summed E-state index contributed by atoms with van der Waals surface area (Å²) in [7, 11) is 0. The molecule has 2 unspecified atom stereocenters. The molecule has 1 aliphatic rings. The highest BCUT2D eigenvalue weighted by Gasteiger charge is 2.22. The lowest BCUT2D eigenvalue weighted by atomic mass is 9.76. The summed E-state index contributed by atoms with van der Waals surface area (Å²) in [5, 5.41) is 0. The van der Waals surface area contributed by atoms with Crippen molar-refractivity contribution in [2.24, 2.45) is 11.8 Å². The van der Waals surface area contributed by atoms with Gasteiger partial charge in [0.25, 0.3) is 0 Å². The number of rotatable bonds is 4. The van der Waals surface area contributed by atoms with E-state index in [1.54, 1.807) is 5.57 Å². The van der Waals surface area contributed by atoms with Crippen LogP contribution in [0.5, 0.6) is 0 Å². The molecule has 0 radical (unpaired) electrons. The number of hydrogen-bond donors (Lipinski definition) is 0. The first kappa shape index (κ1) is 8.83.